The molecule has 6 nitrogen and oxygen atoms in total. The van der Waals surface area contributed by atoms with E-state index in [2.05, 4.69) is 10.6 Å². The fourth-order valence-electron chi connectivity index (χ4n) is 0.918. The molecule has 0 aliphatic carbocycles. The lowest BCUT2D eigenvalue weighted by molar-refractivity contribution is -0.138. The summed E-state index contributed by atoms with van der Waals surface area (Å²) in [5.74, 6) is -0.758. The van der Waals surface area contributed by atoms with Gasteiger partial charge >= 0.3 is 12.0 Å². The van der Waals surface area contributed by atoms with E-state index in [9.17, 15) is 13.8 Å². The van der Waals surface area contributed by atoms with Crippen LogP contribution in [-0.2, 0) is 15.6 Å². The second kappa shape index (κ2) is 6.39. The van der Waals surface area contributed by atoms with Crippen molar-refractivity contribution >= 4 is 22.8 Å². The Hall–Kier alpha value is -1.11. The first-order chi connectivity index (χ1) is 6.82. The topological polar surface area (TPSA) is 95.5 Å². The molecule has 3 atom stereocenters. The molecular weight excluding hydrogens is 220 g/mol. The van der Waals surface area contributed by atoms with Gasteiger partial charge in [-0.25, -0.2) is 4.79 Å². The number of amides is 2. The Labute approximate surface area is 90.9 Å². The van der Waals surface area contributed by atoms with Crippen LogP contribution in [0.5, 0.6) is 0 Å². The number of aliphatic carboxylic acids is 1. The predicted molar refractivity (Wildman–Crippen MR) is 57.2 cm³/mol. The van der Waals surface area contributed by atoms with Gasteiger partial charge in [0.25, 0.3) is 0 Å². The quantitative estimate of drug-likeness (QED) is 0.601. The fourth-order valence-corrected chi connectivity index (χ4v) is 1.71. The SMILES string of the molecule is CC(CS(C)=O)NC(=O)N[C@@H](C)C(=O)O. The Morgan fingerprint density at radius 3 is 2.27 bits per heavy atom. The zero-order valence-corrected chi connectivity index (χ0v) is 9.76. The van der Waals surface area contributed by atoms with Crippen molar-refractivity contribution in [2.24, 2.45) is 0 Å². The third-order valence-electron chi connectivity index (χ3n) is 1.58. The summed E-state index contributed by atoms with van der Waals surface area (Å²) in [5, 5.41) is 13.2. The summed E-state index contributed by atoms with van der Waals surface area (Å²) in [5.41, 5.74) is 0. The minimum Gasteiger partial charge on any atom is -0.480 e. The molecule has 0 rings (SSSR count). The average Bonchev–Trinajstić information content (AvgIpc) is 2.00. The molecule has 2 amide bonds. The van der Waals surface area contributed by atoms with Crippen molar-refractivity contribution in [2.75, 3.05) is 12.0 Å². The van der Waals surface area contributed by atoms with E-state index in [1.807, 2.05) is 0 Å². The Morgan fingerprint density at radius 1 is 1.33 bits per heavy atom. The van der Waals surface area contributed by atoms with Crippen LogP contribution < -0.4 is 10.6 Å². The van der Waals surface area contributed by atoms with E-state index in [1.165, 1.54) is 13.2 Å². The van der Waals surface area contributed by atoms with E-state index in [0.29, 0.717) is 5.75 Å². The summed E-state index contributed by atoms with van der Waals surface area (Å²) in [6.45, 7) is 3.07. The lowest BCUT2D eigenvalue weighted by Crippen LogP contribution is -2.48. The molecule has 0 aromatic heterocycles. The lowest BCUT2D eigenvalue weighted by atomic mass is 10.3. The summed E-state index contributed by atoms with van der Waals surface area (Å²) >= 11 is 0. The van der Waals surface area contributed by atoms with E-state index in [-0.39, 0.29) is 6.04 Å². The predicted octanol–water partition coefficient (Wildman–Crippen LogP) is -0.474. The number of urea groups is 1. The molecule has 0 spiro atoms. The monoisotopic (exact) mass is 236 g/mol. The van der Waals surface area contributed by atoms with Gasteiger partial charge in [0.15, 0.2) is 0 Å². The van der Waals surface area contributed by atoms with Crippen LogP contribution >= 0.6 is 0 Å². The van der Waals surface area contributed by atoms with Crippen molar-refractivity contribution in [3.05, 3.63) is 0 Å². The van der Waals surface area contributed by atoms with Gasteiger partial charge in [-0.1, -0.05) is 0 Å². The molecule has 0 bridgehead atoms. The second-order valence-electron chi connectivity index (χ2n) is 3.32. The van der Waals surface area contributed by atoms with Crippen molar-refractivity contribution < 1.29 is 18.9 Å². The molecule has 7 heteroatoms. The van der Waals surface area contributed by atoms with Crippen molar-refractivity contribution in [3.63, 3.8) is 0 Å². The second-order valence-corrected chi connectivity index (χ2v) is 4.80. The number of carbonyl (C=O) groups excluding carboxylic acids is 1. The molecule has 3 N–H and O–H groups in total. The number of nitrogens with one attached hydrogen (secondary N) is 2. The number of hydrogen-bond donors (Lipinski definition) is 3. The molecule has 0 heterocycles. The maximum Gasteiger partial charge on any atom is 0.325 e. The molecule has 2 unspecified atom stereocenters. The minimum absolute atomic E-state index is 0.253. The molecule has 0 aliphatic heterocycles. The number of carboxylic acids is 1. The molecule has 0 fully saturated rings. The summed E-state index contributed by atoms with van der Waals surface area (Å²) in [7, 11) is -0.992. The molecule has 88 valence electrons. The Kier molecular flexibility index (Phi) is 5.92. The standard InChI is InChI=1S/C8H16N2O4S/c1-5(4-15(3)14)9-8(13)10-6(2)7(11)12/h5-6H,4H2,1-3H3,(H,11,12)(H2,9,10,13)/t5?,6-,15?/m0/s1. The maximum atomic E-state index is 11.2. The van der Waals surface area contributed by atoms with Gasteiger partial charge in [-0.05, 0) is 13.8 Å². The third kappa shape index (κ3) is 6.89. The van der Waals surface area contributed by atoms with Gasteiger partial charge < -0.3 is 15.7 Å². The van der Waals surface area contributed by atoms with Gasteiger partial charge in [0.2, 0.25) is 0 Å². The van der Waals surface area contributed by atoms with Crippen molar-refractivity contribution in [1.29, 1.82) is 0 Å². The highest BCUT2D eigenvalue weighted by atomic mass is 32.2. The lowest BCUT2D eigenvalue weighted by Gasteiger charge is -2.15. The van der Waals surface area contributed by atoms with E-state index in [1.54, 1.807) is 6.92 Å². The highest BCUT2D eigenvalue weighted by Gasteiger charge is 2.15. The first kappa shape index (κ1) is 13.9. The van der Waals surface area contributed by atoms with Crippen LogP contribution in [0.15, 0.2) is 0 Å². The zero-order valence-electron chi connectivity index (χ0n) is 8.94. The highest BCUT2D eigenvalue weighted by Crippen LogP contribution is 1.87. The first-order valence-electron chi connectivity index (χ1n) is 4.42. The smallest absolute Gasteiger partial charge is 0.325 e. The maximum absolute atomic E-state index is 11.2. The van der Waals surface area contributed by atoms with Crippen LogP contribution in [0.2, 0.25) is 0 Å². The van der Waals surface area contributed by atoms with Gasteiger partial charge in [0, 0.05) is 28.9 Å². The van der Waals surface area contributed by atoms with Crippen LogP contribution in [0.4, 0.5) is 4.79 Å². The first-order valence-corrected chi connectivity index (χ1v) is 6.15. The summed E-state index contributed by atoms with van der Waals surface area (Å²) in [6.07, 6.45) is 1.54. The van der Waals surface area contributed by atoms with Crippen LogP contribution in [0.1, 0.15) is 13.8 Å². The highest BCUT2D eigenvalue weighted by molar-refractivity contribution is 7.84. The van der Waals surface area contributed by atoms with E-state index in [0.717, 1.165) is 0 Å². The fraction of sp³-hybridized carbons (Fsp3) is 0.750. The van der Waals surface area contributed by atoms with E-state index < -0.39 is 28.8 Å². The average molecular weight is 236 g/mol. The number of hydrogen-bond acceptors (Lipinski definition) is 3. The molecular formula is C8H16N2O4S. The van der Waals surface area contributed by atoms with Crippen LogP contribution in [0, 0.1) is 0 Å². The number of rotatable bonds is 5. The minimum atomic E-state index is -1.10. The normalized spacial score (nSPS) is 16.2. The van der Waals surface area contributed by atoms with Gasteiger partial charge in [0.05, 0.1) is 0 Å². The Morgan fingerprint density at radius 2 is 1.87 bits per heavy atom. The van der Waals surface area contributed by atoms with Crippen LogP contribution in [-0.4, -0.2) is 45.4 Å². The summed E-state index contributed by atoms with van der Waals surface area (Å²) < 4.78 is 10.8. The molecule has 0 saturated carbocycles. The summed E-state index contributed by atoms with van der Waals surface area (Å²) in [6, 6.07) is -1.76. The molecule has 0 saturated heterocycles. The van der Waals surface area contributed by atoms with E-state index >= 15 is 0 Å². The molecule has 0 aliphatic rings. The Bertz CT molecular complexity index is 269. The van der Waals surface area contributed by atoms with Crippen molar-refractivity contribution in [3.8, 4) is 0 Å². The van der Waals surface area contributed by atoms with Crippen molar-refractivity contribution in [2.45, 2.75) is 25.9 Å². The number of carbonyl (C=O) groups is 2. The molecule has 0 aromatic rings. The number of carboxylic acid groups (broad SMARTS) is 1. The van der Waals surface area contributed by atoms with Gasteiger partial charge in [-0.3, -0.25) is 9.00 Å². The van der Waals surface area contributed by atoms with Crippen molar-refractivity contribution in [1.82, 2.24) is 10.6 Å². The molecule has 15 heavy (non-hydrogen) atoms. The van der Waals surface area contributed by atoms with Gasteiger partial charge in [-0.2, -0.15) is 0 Å². The van der Waals surface area contributed by atoms with Gasteiger partial charge in [0.1, 0.15) is 6.04 Å². The largest absolute Gasteiger partial charge is 0.480 e. The molecule has 0 aromatic carbocycles. The van der Waals surface area contributed by atoms with Crippen LogP contribution in [0.25, 0.3) is 0 Å². The molecule has 0 radical (unpaired) electrons. The Balaban J connectivity index is 3.93. The van der Waals surface area contributed by atoms with Crippen LogP contribution in [0.3, 0.4) is 0 Å². The van der Waals surface area contributed by atoms with Gasteiger partial charge in [-0.15, -0.1) is 0 Å². The van der Waals surface area contributed by atoms with E-state index in [4.69, 9.17) is 5.11 Å². The summed E-state index contributed by atoms with van der Waals surface area (Å²) in [4.78, 5) is 21.6. The third-order valence-corrected chi connectivity index (χ3v) is 2.55. The zero-order chi connectivity index (χ0) is 12.0.